The minimum atomic E-state index is -0.613. The Bertz CT molecular complexity index is 1400. The SMILES string of the molecule is COC(=O)C1=C(C)NC(C)=C(C(=O)OCCCCCCOc2cc(-c3ccccc3)[nH]n2)C1c1ccccc1Br. The summed E-state index contributed by atoms with van der Waals surface area (Å²) in [6, 6.07) is 19.4. The Labute approximate surface area is 242 Å². The summed E-state index contributed by atoms with van der Waals surface area (Å²) in [6.45, 7) is 4.47. The molecule has 1 aliphatic heterocycles. The van der Waals surface area contributed by atoms with Gasteiger partial charge in [-0.2, -0.15) is 0 Å². The Morgan fingerprint density at radius 1 is 0.875 bits per heavy atom. The standard InChI is InChI=1S/C31H34BrN3O5/c1-20-27(30(36)38-3)29(23-15-9-10-16-24(23)32)28(21(2)33-20)31(37)40-18-12-5-4-11-17-39-26-19-25(34-35-26)22-13-7-6-8-14-22/h6-10,13-16,19,29,33H,4-5,11-12,17-18H2,1-3H3,(H,34,35). The van der Waals surface area contributed by atoms with Crippen LogP contribution in [0.1, 0.15) is 51.0 Å². The molecule has 2 heterocycles. The van der Waals surface area contributed by atoms with Crippen molar-refractivity contribution in [2.45, 2.75) is 45.4 Å². The van der Waals surface area contributed by atoms with E-state index in [1.165, 1.54) is 7.11 Å². The molecule has 9 heteroatoms. The van der Waals surface area contributed by atoms with Gasteiger partial charge in [0.2, 0.25) is 5.88 Å². The zero-order valence-corrected chi connectivity index (χ0v) is 24.5. The van der Waals surface area contributed by atoms with Gasteiger partial charge in [0.25, 0.3) is 0 Å². The number of dihydropyridines is 1. The number of aromatic nitrogens is 2. The molecule has 0 fully saturated rings. The molecule has 1 aromatic heterocycles. The van der Waals surface area contributed by atoms with Crippen LogP contribution in [0.4, 0.5) is 0 Å². The van der Waals surface area contributed by atoms with Crippen molar-refractivity contribution in [3.05, 3.63) is 93.2 Å². The number of nitrogens with zero attached hydrogens (tertiary/aromatic N) is 1. The van der Waals surface area contributed by atoms with Gasteiger partial charge < -0.3 is 19.5 Å². The molecule has 0 bridgehead atoms. The fourth-order valence-electron chi connectivity index (χ4n) is 4.79. The van der Waals surface area contributed by atoms with Gasteiger partial charge in [0, 0.05) is 21.9 Å². The predicted octanol–water partition coefficient (Wildman–Crippen LogP) is 6.43. The van der Waals surface area contributed by atoms with Crippen LogP contribution in [-0.4, -0.2) is 42.5 Å². The first kappa shape index (κ1) is 29.1. The molecule has 40 heavy (non-hydrogen) atoms. The summed E-state index contributed by atoms with van der Waals surface area (Å²) in [5, 5.41) is 10.4. The molecular weight excluding hydrogens is 574 g/mol. The summed E-state index contributed by atoms with van der Waals surface area (Å²) >= 11 is 3.58. The number of rotatable bonds is 12. The van der Waals surface area contributed by atoms with Crippen LogP contribution in [0.25, 0.3) is 11.3 Å². The van der Waals surface area contributed by atoms with Gasteiger partial charge in [-0.1, -0.05) is 64.5 Å². The maximum Gasteiger partial charge on any atom is 0.336 e. The van der Waals surface area contributed by atoms with E-state index in [0.717, 1.165) is 47.0 Å². The Morgan fingerprint density at radius 3 is 2.23 bits per heavy atom. The number of allylic oxidation sites excluding steroid dienone is 2. The highest BCUT2D eigenvalue weighted by molar-refractivity contribution is 9.10. The minimum absolute atomic E-state index is 0.287. The van der Waals surface area contributed by atoms with Crippen molar-refractivity contribution in [2.75, 3.05) is 20.3 Å². The zero-order chi connectivity index (χ0) is 28.5. The molecule has 4 rings (SSSR count). The average molecular weight is 609 g/mol. The van der Waals surface area contributed by atoms with E-state index in [0.29, 0.717) is 35.0 Å². The van der Waals surface area contributed by atoms with Gasteiger partial charge in [0.1, 0.15) is 0 Å². The number of nitrogens with one attached hydrogen (secondary N) is 2. The van der Waals surface area contributed by atoms with Gasteiger partial charge in [-0.05, 0) is 56.7 Å². The molecule has 0 spiro atoms. The second kappa shape index (κ2) is 14.0. The minimum Gasteiger partial charge on any atom is -0.477 e. The Hall–Kier alpha value is -3.85. The number of carbonyl (C=O) groups is 2. The van der Waals surface area contributed by atoms with Gasteiger partial charge in [-0.3, -0.25) is 5.10 Å². The lowest BCUT2D eigenvalue weighted by atomic mass is 9.80. The second-order valence-corrected chi connectivity index (χ2v) is 10.4. The van der Waals surface area contributed by atoms with Crippen molar-refractivity contribution in [3.63, 3.8) is 0 Å². The molecule has 2 aromatic carbocycles. The topological polar surface area (TPSA) is 103 Å². The van der Waals surface area contributed by atoms with E-state index >= 15 is 0 Å². The number of benzene rings is 2. The van der Waals surface area contributed by atoms with E-state index in [1.807, 2.05) is 67.6 Å². The number of aromatic amines is 1. The van der Waals surface area contributed by atoms with Gasteiger partial charge in [-0.15, -0.1) is 5.10 Å². The number of halogens is 1. The van der Waals surface area contributed by atoms with Crippen molar-refractivity contribution in [1.82, 2.24) is 15.5 Å². The fraction of sp³-hybridized carbons (Fsp3) is 0.323. The molecule has 1 aliphatic rings. The van der Waals surface area contributed by atoms with Crippen LogP contribution in [0.15, 0.2) is 87.7 Å². The van der Waals surface area contributed by atoms with E-state index in [-0.39, 0.29) is 6.61 Å². The third-order valence-electron chi connectivity index (χ3n) is 6.76. The first-order chi connectivity index (χ1) is 19.4. The molecule has 0 radical (unpaired) electrons. The molecule has 0 saturated heterocycles. The highest BCUT2D eigenvalue weighted by atomic mass is 79.9. The van der Waals surface area contributed by atoms with Crippen LogP contribution in [0, 0.1) is 0 Å². The van der Waals surface area contributed by atoms with E-state index in [2.05, 4.69) is 31.4 Å². The molecule has 1 atom stereocenters. The van der Waals surface area contributed by atoms with Crippen LogP contribution in [0.5, 0.6) is 5.88 Å². The Morgan fingerprint density at radius 2 is 1.52 bits per heavy atom. The summed E-state index contributed by atoms with van der Waals surface area (Å²) in [5.74, 6) is -0.973. The summed E-state index contributed by atoms with van der Waals surface area (Å²) in [7, 11) is 1.34. The Balaban J connectivity index is 1.26. The average Bonchev–Trinajstić information content (AvgIpc) is 3.43. The Kier molecular flexibility index (Phi) is 10.2. The van der Waals surface area contributed by atoms with Crippen LogP contribution in [0.2, 0.25) is 0 Å². The van der Waals surface area contributed by atoms with Crippen molar-refractivity contribution in [1.29, 1.82) is 0 Å². The molecular formula is C31H34BrN3O5. The van der Waals surface area contributed by atoms with E-state index in [9.17, 15) is 9.59 Å². The second-order valence-electron chi connectivity index (χ2n) is 9.53. The number of esters is 2. The third kappa shape index (κ3) is 7.01. The number of H-pyrrole nitrogens is 1. The van der Waals surface area contributed by atoms with Crippen molar-refractivity contribution in [2.24, 2.45) is 0 Å². The summed E-state index contributed by atoms with van der Waals surface area (Å²) in [6.07, 6.45) is 3.42. The van der Waals surface area contributed by atoms with Crippen LogP contribution in [-0.2, 0) is 19.1 Å². The van der Waals surface area contributed by atoms with E-state index in [4.69, 9.17) is 14.2 Å². The third-order valence-corrected chi connectivity index (χ3v) is 7.48. The number of ether oxygens (including phenoxy) is 3. The quantitative estimate of drug-likeness (QED) is 0.181. The highest BCUT2D eigenvalue weighted by Crippen LogP contribution is 2.41. The summed E-state index contributed by atoms with van der Waals surface area (Å²) < 4.78 is 17.3. The first-order valence-corrected chi connectivity index (χ1v) is 14.1. The van der Waals surface area contributed by atoms with E-state index in [1.54, 1.807) is 6.92 Å². The normalized spacial score (nSPS) is 15.1. The lowest BCUT2D eigenvalue weighted by Gasteiger charge is -2.30. The lowest BCUT2D eigenvalue weighted by molar-refractivity contribution is -0.139. The molecule has 2 N–H and O–H groups in total. The molecule has 3 aromatic rings. The van der Waals surface area contributed by atoms with Crippen LogP contribution >= 0.6 is 15.9 Å². The van der Waals surface area contributed by atoms with Gasteiger partial charge in [-0.25, -0.2) is 9.59 Å². The predicted molar refractivity (Wildman–Crippen MR) is 156 cm³/mol. The van der Waals surface area contributed by atoms with Crippen molar-refractivity contribution >= 4 is 27.9 Å². The molecule has 8 nitrogen and oxygen atoms in total. The molecule has 0 amide bonds. The number of carbonyl (C=O) groups excluding carboxylic acids is 2. The van der Waals surface area contributed by atoms with Gasteiger partial charge in [0.15, 0.2) is 0 Å². The monoisotopic (exact) mass is 607 g/mol. The van der Waals surface area contributed by atoms with Crippen LogP contribution in [0.3, 0.4) is 0 Å². The molecule has 0 saturated carbocycles. The summed E-state index contributed by atoms with van der Waals surface area (Å²) in [5.41, 5.74) is 4.87. The van der Waals surface area contributed by atoms with E-state index < -0.39 is 17.9 Å². The molecule has 1 unspecified atom stereocenters. The molecule has 210 valence electrons. The maximum atomic E-state index is 13.3. The number of hydrogen-bond donors (Lipinski definition) is 2. The van der Waals surface area contributed by atoms with Gasteiger partial charge in [0.05, 0.1) is 43.1 Å². The fourth-order valence-corrected chi connectivity index (χ4v) is 5.30. The number of methoxy groups -OCH3 is 1. The van der Waals surface area contributed by atoms with Gasteiger partial charge >= 0.3 is 11.9 Å². The zero-order valence-electron chi connectivity index (χ0n) is 23.0. The van der Waals surface area contributed by atoms with Crippen molar-refractivity contribution in [3.8, 4) is 17.1 Å². The largest absolute Gasteiger partial charge is 0.477 e. The number of hydrogen-bond acceptors (Lipinski definition) is 7. The number of unbranched alkanes of at least 4 members (excludes halogenated alkanes) is 3. The highest BCUT2D eigenvalue weighted by Gasteiger charge is 2.38. The first-order valence-electron chi connectivity index (χ1n) is 13.3. The lowest BCUT2D eigenvalue weighted by Crippen LogP contribution is -2.32. The maximum absolute atomic E-state index is 13.3. The summed E-state index contributed by atoms with van der Waals surface area (Å²) in [4.78, 5) is 26.1. The van der Waals surface area contributed by atoms with Crippen LogP contribution < -0.4 is 10.1 Å². The van der Waals surface area contributed by atoms with Crippen molar-refractivity contribution < 1.29 is 23.8 Å². The molecule has 0 aliphatic carbocycles. The smallest absolute Gasteiger partial charge is 0.336 e.